The highest BCUT2D eigenvalue weighted by molar-refractivity contribution is 6.01. The van der Waals surface area contributed by atoms with Crippen molar-refractivity contribution in [2.75, 3.05) is 0 Å². The molecule has 2 aliphatic heterocycles. The number of benzene rings is 1. The molecule has 1 unspecified atom stereocenters. The number of hydrogen-bond acceptors (Lipinski definition) is 5. The predicted octanol–water partition coefficient (Wildman–Crippen LogP) is 5.71. The Labute approximate surface area is 183 Å². The first-order valence-electron chi connectivity index (χ1n) is 11.0. The second-order valence-corrected chi connectivity index (χ2v) is 9.63. The number of fused-ring (bicyclic) bond motifs is 1. The van der Waals surface area contributed by atoms with Gasteiger partial charge in [-0.1, -0.05) is 39.0 Å². The molecule has 1 aromatic carbocycles. The van der Waals surface area contributed by atoms with Crippen LogP contribution in [0.3, 0.4) is 0 Å². The van der Waals surface area contributed by atoms with E-state index in [2.05, 4.69) is 65.6 Å². The summed E-state index contributed by atoms with van der Waals surface area (Å²) in [4.78, 5) is 17.8. The monoisotopic (exact) mass is 412 g/mol. The van der Waals surface area contributed by atoms with E-state index in [0.717, 1.165) is 52.1 Å². The van der Waals surface area contributed by atoms with Crippen molar-refractivity contribution in [1.29, 1.82) is 0 Å². The summed E-state index contributed by atoms with van der Waals surface area (Å²) in [5.41, 5.74) is 6.79. The van der Waals surface area contributed by atoms with Crippen LogP contribution in [0.15, 0.2) is 81.6 Å². The third-order valence-corrected chi connectivity index (χ3v) is 6.96. The minimum atomic E-state index is -0.518. The zero-order chi connectivity index (χ0) is 21.8. The van der Waals surface area contributed by atoms with Gasteiger partial charge in [0.2, 0.25) is 0 Å². The molecule has 0 amide bonds. The van der Waals surface area contributed by atoms with Crippen LogP contribution in [0.1, 0.15) is 52.5 Å². The molecule has 31 heavy (non-hydrogen) atoms. The largest absolute Gasteiger partial charge is 0.362 e. The van der Waals surface area contributed by atoms with Gasteiger partial charge >= 0.3 is 0 Å². The summed E-state index contributed by atoms with van der Waals surface area (Å²) in [5, 5.41) is 12.6. The number of nitrogens with zero attached hydrogens (tertiary/aromatic N) is 3. The molecule has 0 fully saturated rings. The molecule has 0 saturated carbocycles. The summed E-state index contributed by atoms with van der Waals surface area (Å²) >= 11 is 0. The normalized spacial score (nSPS) is 26.6. The summed E-state index contributed by atoms with van der Waals surface area (Å²) in [6.07, 6.45) is 5.61. The number of carbonyl (C=O) groups is 1. The molecule has 2 atom stereocenters. The van der Waals surface area contributed by atoms with E-state index < -0.39 is 5.41 Å². The van der Waals surface area contributed by atoms with Gasteiger partial charge in [0, 0.05) is 35.7 Å². The maximum atomic E-state index is 13.7. The lowest BCUT2D eigenvalue weighted by atomic mass is 9.58. The van der Waals surface area contributed by atoms with E-state index in [1.165, 1.54) is 0 Å². The van der Waals surface area contributed by atoms with Gasteiger partial charge in [0.25, 0.3) is 0 Å². The molecule has 3 heterocycles. The molecule has 1 N–H and O–H groups in total. The molecule has 5 rings (SSSR count). The number of carbonyl (C=O) groups excluding carboxylic acids is 1. The molecule has 0 spiro atoms. The van der Waals surface area contributed by atoms with Gasteiger partial charge in [0.05, 0.1) is 11.1 Å². The number of Topliss-reactive ketones (excluding diaryl/α,β-unsaturated/α-hetero) is 1. The molecule has 0 saturated heterocycles. The summed E-state index contributed by atoms with van der Waals surface area (Å²) in [5.74, 6) is 0.237. The SMILES string of the molecule is CC[C@@]1(c2cccc(-c3ccncc3)c2)C2=C(CC(C)(C)CC2=O)NC2N=NC(C)=C21. The first-order chi connectivity index (χ1) is 14.9. The second-order valence-electron chi connectivity index (χ2n) is 9.63. The molecule has 0 radical (unpaired) electrons. The molecule has 2 aromatic rings. The smallest absolute Gasteiger partial charge is 0.165 e. The van der Waals surface area contributed by atoms with Gasteiger partial charge in [0.15, 0.2) is 11.9 Å². The molecule has 1 aromatic heterocycles. The number of allylic oxidation sites excluding steroid dienone is 3. The molecule has 1 aliphatic carbocycles. The van der Waals surface area contributed by atoms with E-state index in [0.29, 0.717) is 6.42 Å². The highest BCUT2D eigenvalue weighted by Crippen LogP contribution is 2.55. The average Bonchev–Trinajstić information content (AvgIpc) is 3.13. The van der Waals surface area contributed by atoms with E-state index in [1.54, 1.807) is 0 Å². The Morgan fingerprint density at radius 3 is 2.61 bits per heavy atom. The number of rotatable bonds is 3. The van der Waals surface area contributed by atoms with E-state index in [4.69, 9.17) is 0 Å². The van der Waals surface area contributed by atoms with Crippen LogP contribution < -0.4 is 5.32 Å². The van der Waals surface area contributed by atoms with Crippen molar-refractivity contribution in [3.05, 3.63) is 76.9 Å². The fourth-order valence-corrected chi connectivity index (χ4v) is 5.72. The molecular weight excluding hydrogens is 384 g/mol. The molecule has 0 bridgehead atoms. The van der Waals surface area contributed by atoms with Gasteiger partial charge in [-0.05, 0) is 60.1 Å². The van der Waals surface area contributed by atoms with Gasteiger partial charge in [-0.15, -0.1) is 0 Å². The number of ketones is 1. The van der Waals surface area contributed by atoms with Crippen LogP contribution in [0, 0.1) is 5.41 Å². The zero-order valence-electron chi connectivity index (χ0n) is 18.6. The van der Waals surface area contributed by atoms with E-state index in [-0.39, 0.29) is 17.4 Å². The first kappa shape index (κ1) is 19.9. The van der Waals surface area contributed by atoms with Crippen molar-refractivity contribution in [3.8, 4) is 11.1 Å². The fraction of sp³-hybridized carbons (Fsp3) is 0.385. The van der Waals surface area contributed by atoms with E-state index in [9.17, 15) is 4.79 Å². The van der Waals surface area contributed by atoms with Gasteiger partial charge in [0.1, 0.15) is 0 Å². The van der Waals surface area contributed by atoms with E-state index in [1.807, 2.05) is 31.5 Å². The Kier molecular flexibility index (Phi) is 4.47. The highest BCUT2D eigenvalue weighted by atomic mass is 16.1. The van der Waals surface area contributed by atoms with Crippen molar-refractivity contribution in [2.24, 2.45) is 15.6 Å². The molecule has 5 heteroatoms. The van der Waals surface area contributed by atoms with Gasteiger partial charge in [-0.3, -0.25) is 9.78 Å². The zero-order valence-corrected chi connectivity index (χ0v) is 18.6. The molecule has 3 aliphatic rings. The summed E-state index contributed by atoms with van der Waals surface area (Å²) < 4.78 is 0. The van der Waals surface area contributed by atoms with Crippen molar-refractivity contribution < 1.29 is 4.79 Å². The topological polar surface area (TPSA) is 66.7 Å². The maximum Gasteiger partial charge on any atom is 0.165 e. The molecular formula is C26H28N4O. The van der Waals surface area contributed by atoms with Crippen LogP contribution in [0.2, 0.25) is 0 Å². The van der Waals surface area contributed by atoms with Crippen molar-refractivity contribution in [1.82, 2.24) is 10.3 Å². The van der Waals surface area contributed by atoms with Crippen LogP contribution >= 0.6 is 0 Å². The lowest BCUT2D eigenvalue weighted by Gasteiger charge is -2.48. The predicted molar refractivity (Wildman–Crippen MR) is 121 cm³/mol. The number of hydrogen-bond donors (Lipinski definition) is 1. The van der Waals surface area contributed by atoms with Crippen molar-refractivity contribution in [3.63, 3.8) is 0 Å². The minimum Gasteiger partial charge on any atom is -0.362 e. The number of nitrogens with one attached hydrogen (secondary N) is 1. The summed E-state index contributed by atoms with van der Waals surface area (Å²) in [6, 6.07) is 12.6. The van der Waals surface area contributed by atoms with Crippen molar-refractivity contribution >= 4 is 5.78 Å². The van der Waals surface area contributed by atoms with Crippen LogP contribution in [0.5, 0.6) is 0 Å². The quantitative estimate of drug-likeness (QED) is 0.702. The Hall–Kier alpha value is -3.08. The fourth-order valence-electron chi connectivity index (χ4n) is 5.72. The van der Waals surface area contributed by atoms with Gasteiger partial charge in [-0.2, -0.15) is 10.2 Å². The second kappa shape index (κ2) is 6.98. The van der Waals surface area contributed by atoms with E-state index >= 15 is 0 Å². The summed E-state index contributed by atoms with van der Waals surface area (Å²) in [7, 11) is 0. The van der Waals surface area contributed by atoms with Crippen molar-refractivity contribution in [2.45, 2.75) is 58.5 Å². The lowest BCUT2D eigenvalue weighted by Crippen LogP contribution is -2.51. The van der Waals surface area contributed by atoms with Gasteiger partial charge in [-0.25, -0.2) is 0 Å². The highest BCUT2D eigenvalue weighted by Gasteiger charge is 2.53. The third kappa shape index (κ3) is 2.98. The maximum absolute atomic E-state index is 13.7. The Morgan fingerprint density at radius 1 is 1.10 bits per heavy atom. The number of azo groups is 1. The lowest BCUT2D eigenvalue weighted by molar-refractivity contribution is -0.119. The first-order valence-corrected chi connectivity index (χ1v) is 11.0. The Morgan fingerprint density at radius 2 is 1.87 bits per heavy atom. The third-order valence-electron chi connectivity index (χ3n) is 6.96. The standard InChI is InChI=1S/C26H28N4O/c1-5-26(19-8-6-7-18(13-19)17-9-11-27-12-10-17)22-16(2)29-30-24(22)28-20-14-25(3,4)15-21(31)23(20)26/h6-13,24,28H,5,14-15H2,1-4H3/t24?,26-/m0/s1. The summed E-state index contributed by atoms with van der Waals surface area (Å²) in [6.45, 7) is 8.53. The van der Waals surface area contributed by atoms with Crippen LogP contribution in [-0.2, 0) is 10.2 Å². The van der Waals surface area contributed by atoms with Crippen LogP contribution in [0.25, 0.3) is 11.1 Å². The van der Waals surface area contributed by atoms with Gasteiger partial charge < -0.3 is 5.32 Å². The number of pyridine rings is 1. The minimum absolute atomic E-state index is 0.0622. The van der Waals surface area contributed by atoms with Crippen LogP contribution in [-0.4, -0.2) is 16.9 Å². The average molecular weight is 413 g/mol. The van der Waals surface area contributed by atoms with Crippen LogP contribution in [0.4, 0.5) is 0 Å². The number of aromatic nitrogens is 1. The Balaban J connectivity index is 1.77. The molecule has 5 nitrogen and oxygen atoms in total. The Bertz CT molecular complexity index is 1160. The molecule has 158 valence electrons.